The van der Waals surface area contributed by atoms with Crippen LogP contribution in [0.15, 0.2) is 69.9 Å². The summed E-state index contributed by atoms with van der Waals surface area (Å²) >= 11 is 7.31. The van der Waals surface area contributed by atoms with Gasteiger partial charge in [-0.25, -0.2) is 0 Å². The molecule has 30 heavy (non-hydrogen) atoms. The molecule has 0 unspecified atom stereocenters. The van der Waals surface area contributed by atoms with Crippen LogP contribution >= 0.6 is 22.9 Å². The minimum absolute atomic E-state index is 0.233. The minimum Gasteiger partial charge on any atom is -0.497 e. The van der Waals surface area contributed by atoms with Crippen molar-refractivity contribution in [2.45, 2.75) is 0 Å². The topological polar surface area (TPSA) is 69.6 Å². The summed E-state index contributed by atoms with van der Waals surface area (Å²) in [6.45, 7) is 0. The number of benzene rings is 2. The van der Waals surface area contributed by atoms with Gasteiger partial charge in [-0.15, -0.1) is 5.10 Å². The number of hydrogen-bond donors (Lipinski definition) is 0. The van der Waals surface area contributed by atoms with Crippen molar-refractivity contribution in [2.24, 2.45) is 0 Å². The van der Waals surface area contributed by atoms with Crippen LogP contribution in [-0.4, -0.2) is 21.7 Å². The standard InChI is InChI=1S/C22H14ClN3O3S/c1-28-16-7-5-13(6-8-16)20-24-22-26(25-20)21(27)19(30-22)12-17-9-10-18(29-17)14-3-2-4-15(23)11-14/h2-12H,1H3/b19-12-. The van der Waals surface area contributed by atoms with E-state index in [-0.39, 0.29) is 5.56 Å². The van der Waals surface area contributed by atoms with Crippen LogP contribution in [-0.2, 0) is 0 Å². The highest BCUT2D eigenvalue weighted by Crippen LogP contribution is 2.25. The maximum absolute atomic E-state index is 12.8. The molecule has 5 rings (SSSR count). The summed E-state index contributed by atoms with van der Waals surface area (Å²) in [5.74, 6) is 2.49. The third kappa shape index (κ3) is 3.38. The van der Waals surface area contributed by atoms with Gasteiger partial charge in [0.1, 0.15) is 21.8 Å². The highest BCUT2D eigenvalue weighted by Gasteiger charge is 2.13. The molecule has 0 saturated carbocycles. The normalized spacial score (nSPS) is 12.0. The van der Waals surface area contributed by atoms with Crippen LogP contribution in [0.25, 0.3) is 33.7 Å². The summed E-state index contributed by atoms with van der Waals surface area (Å²) in [4.78, 5) is 17.8. The molecular formula is C22H14ClN3O3S. The largest absolute Gasteiger partial charge is 0.497 e. The van der Waals surface area contributed by atoms with Gasteiger partial charge >= 0.3 is 0 Å². The molecule has 8 heteroatoms. The molecule has 0 bridgehead atoms. The van der Waals surface area contributed by atoms with E-state index in [1.54, 1.807) is 19.3 Å². The Hall–Kier alpha value is -3.42. The molecule has 0 N–H and O–H groups in total. The van der Waals surface area contributed by atoms with Crippen molar-refractivity contribution >= 4 is 34.0 Å². The lowest BCUT2D eigenvalue weighted by Gasteiger charge is -1.99. The van der Waals surface area contributed by atoms with E-state index in [1.807, 2.05) is 54.6 Å². The monoisotopic (exact) mass is 435 g/mol. The van der Waals surface area contributed by atoms with Crippen molar-refractivity contribution in [1.82, 2.24) is 14.6 Å². The van der Waals surface area contributed by atoms with E-state index in [1.165, 1.54) is 15.9 Å². The van der Waals surface area contributed by atoms with E-state index in [9.17, 15) is 4.79 Å². The first-order valence-corrected chi connectivity index (χ1v) is 10.2. The molecular weight excluding hydrogens is 422 g/mol. The number of nitrogens with zero attached hydrogens (tertiary/aromatic N) is 3. The zero-order valence-electron chi connectivity index (χ0n) is 15.7. The SMILES string of the molecule is COc1ccc(-c2nc3s/c(=C\c4ccc(-c5cccc(Cl)c5)o4)c(=O)n3n2)cc1. The molecule has 2 aromatic carbocycles. The Labute approximate surface area is 179 Å². The zero-order chi connectivity index (χ0) is 20.7. The molecule has 0 aliphatic rings. The van der Waals surface area contributed by atoms with Gasteiger partial charge in [-0.2, -0.15) is 9.50 Å². The van der Waals surface area contributed by atoms with Gasteiger partial charge in [0.25, 0.3) is 5.56 Å². The fourth-order valence-corrected chi connectivity index (χ4v) is 4.13. The quantitative estimate of drug-likeness (QED) is 0.421. The van der Waals surface area contributed by atoms with Gasteiger partial charge in [0, 0.05) is 22.2 Å². The van der Waals surface area contributed by atoms with Gasteiger partial charge in [-0.1, -0.05) is 35.1 Å². The van der Waals surface area contributed by atoms with Gasteiger partial charge in [-0.3, -0.25) is 4.79 Å². The van der Waals surface area contributed by atoms with E-state index in [0.717, 1.165) is 16.9 Å². The van der Waals surface area contributed by atoms with Crippen LogP contribution in [0.1, 0.15) is 5.76 Å². The van der Waals surface area contributed by atoms with Crippen LogP contribution in [0.4, 0.5) is 0 Å². The first-order valence-electron chi connectivity index (χ1n) is 9.02. The molecule has 0 radical (unpaired) electrons. The number of aromatic nitrogens is 3. The molecule has 0 saturated heterocycles. The van der Waals surface area contributed by atoms with E-state index < -0.39 is 0 Å². The summed E-state index contributed by atoms with van der Waals surface area (Å²) in [5.41, 5.74) is 1.45. The number of ether oxygens (including phenoxy) is 1. The van der Waals surface area contributed by atoms with Gasteiger partial charge in [0.05, 0.1) is 7.11 Å². The molecule has 3 aromatic heterocycles. The van der Waals surface area contributed by atoms with Crippen molar-refractivity contribution in [3.8, 4) is 28.5 Å². The third-order valence-electron chi connectivity index (χ3n) is 4.54. The smallest absolute Gasteiger partial charge is 0.291 e. The molecule has 0 fully saturated rings. The molecule has 5 aromatic rings. The van der Waals surface area contributed by atoms with Gasteiger partial charge in [-0.05, 0) is 48.5 Å². The molecule has 3 heterocycles. The van der Waals surface area contributed by atoms with E-state index in [2.05, 4.69) is 10.1 Å². The number of hydrogen-bond acceptors (Lipinski definition) is 6. The third-order valence-corrected chi connectivity index (χ3v) is 5.73. The Bertz CT molecular complexity index is 1470. The molecule has 0 aliphatic heterocycles. The number of methoxy groups -OCH3 is 1. The molecule has 0 spiro atoms. The van der Waals surface area contributed by atoms with E-state index >= 15 is 0 Å². The summed E-state index contributed by atoms with van der Waals surface area (Å²) < 4.78 is 12.8. The average Bonchev–Trinajstić information content (AvgIpc) is 3.46. The lowest BCUT2D eigenvalue weighted by atomic mass is 10.2. The van der Waals surface area contributed by atoms with Crippen LogP contribution in [0.2, 0.25) is 5.02 Å². The maximum Gasteiger partial charge on any atom is 0.291 e. The van der Waals surface area contributed by atoms with Crippen molar-refractivity contribution < 1.29 is 9.15 Å². The summed E-state index contributed by atoms with van der Waals surface area (Å²) in [6, 6.07) is 18.4. The maximum atomic E-state index is 12.8. The van der Waals surface area contributed by atoms with Gasteiger partial charge in [0.2, 0.25) is 4.96 Å². The van der Waals surface area contributed by atoms with E-state index in [0.29, 0.717) is 31.9 Å². The van der Waals surface area contributed by atoms with E-state index in [4.69, 9.17) is 20.8 Å². The second-order valence-electron chi connectivity index (χ2n) is 6.49. The summed E-state index contributed by atoms with van der Waals surface area (Å²) in [5, 5.41) is 4.99. The second-order valence-corrected chi connectivity index (χ2v) is 7.93. The fraction of sp³-hybridized carbons (Fsp3) is 0.0455. The Morgan fingerprint density at radius 2 is 1.93 bits per heavy atom. The number of rotatable bonds is 4. The van der Waals surface area contributed by atoms with Crippen molar-refractivity contribution in [3.05, 3.63) is 86.3 Å². The zero-order valence-corrected chi connectivity index (χ0v) is 17.3. The van der Waals surface area contributed by atoms with Crippen molar-refractivity contribution in [3.63, 3.8) is 0 Å². The number of halogens is 1. The molecule has 0 atom stereocenters. The lowest BCUT2D eigenvalue weighted by Crippen LogP contribution is -2.23. The highest BCUT2D eigenvalue weighted by molar-refractivity contribution is 7.15. The number of fused-ring (bicyclic) bond motifs is 1. The van der Waals surface area contributed by atoms with Crippen LogP contribution in [0, 0.1) is 0 Å². The van der Waals surface area contributed by atoms with Crippen LogP contribution < -0.4 is 14.8 Å². The average molecular weight is 436 g/mol. The van der Waals surface area contributed by atoms with Gasteiger partial charge < -0.3 is 9.15 Å². The summed E-state index contributed by atoms with van der Waals surface area (Å²) in [7, 11) is 1.61. The predicted molar refractivity (Wildman–Crippen MR) is 117 cm³/mol. The molecule has 148 valence electrons. The van der Waals surface area contributed by atoms with Crippen molar-refractivity contribution in [1.29, 1.82) is 0 Å². The van der Waals surface area contributed by atoms with Gasteiger partial charge in [0.15, 0.2) is 5.82 Å². The van der Waals surface area contributed by atoms with Crippen molar-refractivity contribution in [2.75, 3.05) is 7.11 Å². The van der Waals surface area contributed by atoms with Crippen LogP contribution in [0.3, 0.4) is 0 Å². The fourth-order valence-electron chi connectivity index (χ4n) is 3.05. The number of furan rings is 1. The summed E-state index contributed by atoms with van der Waals surface area (Å²) in [6.07, 6.45) is 1.70. The Kier molecular flexibility index (Phi) is 4.61. The Morgan fingerprint density at radius 1 is 1.10 bits per heavy atom. The second kappa shape index (κ2) is 7.44. The highest BCUT2D eigenvalue weighted by atomic mass is 35.5. The number of thiazole rings is 1. The lowest BCUT2D eigenvalue weighted by molar-refractivity contribution is 0.415. The molecule has 0 aliphatic carbocycles. The molecule has 0 amide bonds. The first kappa shape index (κ1) is 18.6. The van der Waals surface area contributed by atoms with Crippen LogP contribution in [0.5, 0.6) is 5.75 Å². The first-order chi connectivity index (χ1) is 14.6. The Balaban J connectivity index is 1.49. The molecule has 6 nitrogen and oxygen atoms in total. The predicted octanol–water partition coefficient (Wildman–Crippen LogP) is 4.29. The Morgan fingerprint density at radius 3 is 2.67 bits per heavy atom. The minimum atomic E-state index is -0.233.